The summed E-state index contributed by atoms with van der Waals surface area (Å²) in [5.74, 6) is 0.888. The first-order valence-corrected chi connectivity index (χ1v) is 10.4. The van der Waals surface area contributed by atoms with Crippen LogP contribution in [0.5, 0.6) is 0 Å². The van der Waals surface area contributed by atoms with Gasteiger partial charge >= 0.3 is 6.03 Å². The molecule has 1 N–H and O–H groups in total. The van der Waals surface area contributed by atoms with E-state index in [1.807, 2.05) is 4.90 Å². The van der Waals surface area contributed by atoms with Gasteiger partial charge in [-0.15, -0.1) is 0 Å². The zero-order valence-corrected chi connectivity index (χ0v) is 16.0. The first-order valence-electron chi connectivity index (χ1n) is 10.4. The third kappa shape index (κ3) is 3.79. The van der Waals surface area contributed by atoms with Crippen molar-refractivity contribution >= 4 is 12.0 Å². The van der Waals surface area contributed by atoms with Gasteiger partial charge in [0, 0.05) is 44.3 Å². The van der Waals surface area contributed by atoms with E-state index in [4.69, 9.17) is 9.97 Å². The molecule has 6 heteroatoms. The molecule has 26 heavy (non-hydrogen) atoms. The lowest BCUT2D eigenvalue weighted by atomic mass is 9.96. The average molecular weight is 358 g/mol. The molecule has 3 aliphatic rings. The van der Waals surface area contributed by atoms with Crippen LogP contribution in [-0.2, 0) is 12.8 Å². The molecule has 1 saturated heterocycles. The summed E-state index contributed by atoms with van der Waals surface area (Å²) in [6, 6.07) is 0.472. The lowest BCUT2D eigenvalue weighted by Crippen LogP contribution is -2.46. The number of nitrogens with zero attached hydrogens (tertiary/aromatic N) is 4. The number of hydrogen-bond donors (Lipinski definition) is 1. The van der Waals surface area contributed by atoms with E-state index in [1.54, 1.807) is 0 Å². The van der Waals surface area contributed by atoms with Gasteiger partial charge in [0.25, 0.3) is 0 Å². The molecule has 6 nitrogen and oxygen atoms in total. The van der Waals surface area contributed by atoms with Crippen LogP contribution in [-0.4, -0.2) is 53.1 Å². The van der Waals surface area contributed by atoms with Crippen molar-refractivity contribution in [2.45, 2.75) is 70.8 Å². The first kappa shape index (κ1) is 17.6. The maximum Gasteiger partial charge on any atom is 0.317 e. The summed E-state index contributed by atoms with van der Waals surface area (Å²) in [4.78, 5) is 26.6. The topological polar surface area (TPSA) is 61.4 Å². The molecular formula is C20H31N5O. The molecule has 2 amide bonds. The molecule has 1 saturated carbocycles. The van der Waals surface area contributed by atoms with Crippen LogP contribution in [0.15, 0.2) is 0 Å². The maximum atomic E-state index is 12.7. The highest BCUT2D eigenvalue weighted by atomic mass is 16.2. The molecule has 0 unspecified atom stereocenters. The quantitative estimate of drug-likeness (QED) is 0.884. The predicted octanol–water partition coefficient (Wildman–Crippen LogP) is 2.83. The molecule has 0 bridgehead atoms. The summed E-state index contributed by atoms with van der Waals surface area (Å²) in [7, 11) is 0. The molecule has 2 fully saturated rings. The van der Waals surface area contributed by atoms with Crippen LogP contribution < -0.4 is 10.2 Å². The van der Waals surface area contributed by atoms with Crippen molar-refractivity contribution in [3.05, 3.63) is 17.0 Å². The first-order chi connectivity index (χ1) is 12.7. The van der Waals surface area contributed by atoms with Crippen LogP contribution in [0, 0.1) is 6.92 Å². The molecule has 142 valence electrons. The van der Waals surface area contributed by atoms with Crippen LogP contribution in [0.25, 0.3) is 0 Å². The minimum absolute atomic E-state index is 0.107. The average Bonchev–Trinajstić information content (AvgIpc) is 3.09. The second kappa shape index (κ2) is 7.80. The molecule has 0 spiro atoms. The molecule has 0 radical (unpaired) electrons. The largest absolute Gasteiger partial charge is 0.341 e. The number of aryl methyl sites for hydroxylation is 1. The summed E-state index contributed by atoms with van der Waals surface area (Å²) in [5.41, 5.74) is 3.49. The normalized spacial score (nSPS) is 21.4. The standard InChI is InChI=1S/C20H31N5O/c1-15-17-9-13-25(20(26)22-16-7-3-2-4-8-16)14-10-18(17)23-19(21-15)24-11-5-6-12-24/h16H,2-14H2,1H3,(H,22,26). The lowest BCUT2D eigenvalue weighted by molar-refractivity contribution is 0.192. The fourth-order valence-corrected chi connectivity index (χ4v) is 4.55. The lowest BCUT2D eigenvalue weighted by Gasteiger charge is -2.27. The highest BCUT2D eigenvalue weighted by Gasteiger charge is 2.25. The number of anilines is 1. The maximum absolute atomic E-state index is 12.7. The van der Waals surface area contributed by atoms with Gasteiger partial charge < -0.3 is 15.1 Å². The van der Waals surface area contributed by atoms with Crippen molar-refractivity contribution in [1.29, 1.82) is 0 Å². The zero-order chi connectivity index (χ0) is 17.9. The molecular weight excluding hydrogens is 326 g/mol. The molecule has 1 aromatic heterocycles. The van der Waals surface area contributed by atoms with E-state index in [1.165, 1.54) is 37.7 Å². The van der Waals surface area contributed by atoms with Gasteiger partial charge in [-0.05, 0) is 44.6 Å². The number of hydrogen-bond acceptors (Lipinski definition) is 4. The summed E-state index contributed by atoms with van der Waals surface area (Å²) >= 11 is 0. The van der Waals surface area contributed by atoms with Gasteiger partial charge in [0.2, 0.25) is 5.95 Å². The number of aromatic nitrogens is 2. The van der Waals surface area contributed by atoms with E-state index in [0.717, 1.165) is 69.2 Å². The predicted molar refractivity (Wildman–Crippen MR) is 103 cm³/mol. The number of fused-ring (bicyclic) bond motifs is 1. The molecule has 2 aliphatic heterocycles. The Balaban J connectivity index is 1.43. The van der Waals surface area contributed by atoms with Crippen molar-refractivity contribution in [3.63, 3.8) is 0 Å². The van der Waals surface area contributed by atoms with Gasteiger partial charge in [-0.2, -0.15) is 0 Å². The fourth-order valence-electron chi connectivity index (χ4n) is 4.55. The van der Waals surface area contributed by atoms with Gasteiger partial charge in [0.05, 0.1) is 5.69 Å². The molecule has 0 aromatic carbocycles. The van der Waals surface area contributed by atoms with E-state index < -0.39 is 0 Å². The third-order valence-electron chi connectivity index (χ3n) is 6.15. The SMILES string of the molecule is Cc1nc(N2CCCC2)nc2c1CCN(C(=O)NC1CCCCC1)CC2. The number of carbonyl (C=O) groups excluding carboxylic acids is 1. The minimum atomic E-state index is 0.107. The second-order valence-electron chi connectivity index (χ2n) is 8.00. The molecule has 0 atom stereocenters. The number of amides is 2. The summed E-state index contributed by atoms with van der Waals surface area (Å²) in [6.45, 7) is 5.74. The van der Waals surface area contributed by atoms with Crippen molar-refractivity contribution < 1.29 is 4.79 Å². The van der Waals surface area contributed by atoms with E-state index >= 15 is 0 Å². The van der Waals surface area contributed by atoms with Gasteiger partial charge in [-0.25, -0.2) is 14.8 Å². The third-order valence-corrected chi connectivity index (χ3v) is 6.15. The van der Waals surface area contributed by atoms with Crippen LogP contribution in [0.3, 0.4) is 0 Å². The molecule has 1 aliphatic carbocycles. The van der Waals surface area contributed by atoms with Gasteiger partial charge in [-0.3, -0.25) is 0 Å². The smallest absolute Gasteiger partial charge is 0.317 e. The summed E-state index contributed by atoms with van der Waals surface area (Å²) in [6.07, 6.45) is 10.2. The Hall–Kier alpha value is -1.85. The minimum Gasteiger partial charge on any atom is -0.341 e. The van der Waals surface area contributed by atoms with E-state index in [-0.39, 0.29) is 6.03 Å². The van der Waals surface area contributed by atoms with Crippen molar-refractivity contribution in [3.8, 4) is 0 Å². The Kier molecular flexibility index (Phi) is 5.27. The van der Waals surface area contributed by atoms with E-state index in [0.29, 0.717) is 6.04 Å². The fraction of sp³-hybridized carbons (Fsp3) is 0.750. The zero-order valence-electron chi connectivity index (χ0n) is 16.0. The Morgan fingerprint density at radius 1 is 0.962 bits per heavy atom. The molecule has 1 aromatic rings. The van der Waals surface area contributed by atoms with Gasteiger partial charge in [0.1, 0.15) is 0 Å². The van der Waals surface area contributed by atoms with Crippen molar-refractivity contribution in [2.24, 2.45) is 0 Å². The Labute approximate surface area is 156 Å². The summed E-state index contributed by atoms with van der Waals surface area (Å²) in [5, 5.41) is 3.26. The second-order valence-corrected chi connectivity index (χ2v) is 8.00. The van der Waals surface area contributed by atoms with Crippen molar-refractivity contribution in [2.75, 3.05) is 31.1 Å². The van der Waals surface area contributed by atoms with Crippen LogP contribution in [0.2, 0.25) is 0 Å². The Morgan fingerprint density at radius 2 is 1.69 bits per heavy atom. The van der Waals surface area contributed by atoms with Crippen LogP contribution in [0.4, 0.5) is 10.7 Å². The van der Waals surface area contributed by atoms with E-state index in [9.17, 15) is 4.79 Å². The Morgan fingerprint density at radius 3 is 2.46 bits per heavy atom. The number of nitrogens with one attached hydrogen (secondary N) is 1. The highest BCUT2D eigenvalue weighted by Crippen LogP contribution is 2.23. The highest BCUT2D eigenvalue weighted by molar-refractivity contribution is 5.74. The summed E-state index contributed by atoms with van der Waals surface area (Å²) < 4.78 is 0. The van der Waals surface area contributed by atoms with Crippen molar-refractivity contribution in [1.82, 2.24) is 20.2 Å². The number of rotatable bonds is 2. The number of urea groups is 1. The van der Waals surface area contributed by atoms with E-state index in [2.05, 4.69) is 17.1 Å². The molecule has 4 rings (SSSR count). The van der Waals surface area contributed by atoms with Crippen LogP contribution in [0.1, 0.15) is 61.9 Å². The monoisotopic (exact) mass is 357 g/mol. The van der Waals surface area contributed by atoms with Gasteiger partial charge in [0.15, 0.2) is 0 Å². The Bertz CT molecular complexity index is 650. The number of carbonyl (C=O) groups is 1. The van der Waals surface area contributed by atoms with Gasteiger partial charge in [-0.1, -0.05) is 19.3 Å². The molecule has 3 heterocycles. The van der Waals surface area contributed by atoms with Crippen LogP contribution >= 0.6 is 0 Å².